The predicted octanol–water partition coefficient (Wildman–Crippen LogP) is 1.71. The zero-order valence-electron chi connectivity index (χ0n) is 14.2. The minimum atomic E-state index is 0.00628. The van der Waals surface area contributed by atoms with E-state index < -0.39 is 0 Å². The van der Waals surface area contributed by atoms with Gasteiger partial charge in [0, 0.05) is 19.1 Å². The average molecular weight is 312 g/mol. The Labute approximate surface area is 134 Å². The third kappa shape index (κ3) is 5.21. The third-order valence-corrected chi connectivity index (χ3v) is 5.24. The van der Waals surface area contributed by atoms with Crippen LogP contribution in [0.1, 0.15) is 45.4 Å². The van der Waals surface area contributed by atoms with Gasteiger partial charge >= 0.3 is 0 Å². The maximum absolute atomic E-state index is 12.1. The topological polar surface area (TPSA) is 59.6 Å². The smallest absolute Gasteiger partial charge is 0.246 e. The first-order valence-corrected chi connectivity index (χ1v) is 8.73. The normalized spacial score (nSPS) is 28.3. The van der Waals surface area contributed by atoms with Crippen molar-refractivity contribution in [3.8, 4) is 0 Å². The quantitative estimate of drug-likeness (QED) is 0.751. The number of hydrogen-bond donors (Lipinski definition) is 2. The van der Waals surface area contributed by atoms with Crippen LogP contribution in [-0.2, 0) is 14.3 Å². The second-order valence-corrected chi connectivity index (χ2v) is 7.07. The summed E-state index contributed by atoms with van der Waals surface area (Å²) in [5.41, 5.74) is 0.0772. The first kappa shape index (κ1) is 17.7. The van der Waals surface area contributed by atoms with E-state index in [9.17, 15) is 4.79 Å². The van der Waals surface area contributed by atoms with Gasteiger partial charge in [0.1, 0.15) is 6.61 Å². The van der Waals surface area contributed by atoms with Crippen molar-refractivity contribution in [1.29, 1.82) is 0 Å². The van der Waals surface area contributed by atoms with Gasteiger partial charge in [0.15, 0.2) is 0 Å². The van der Waals surface area contributed by atoms with Crippen LogP contribution in [0.15, 0.2) is 0 Å². The molecule has 1 saturated carbocycles. The largest absolute Gasteiger partial charge is 0.384 e. The maximum Gasteiger partial charge on any atom is 0.246 e. The summed E-state index contributed by atoms with van der Waals surface area (Å²) in [5.74, 6) is 0.581. The molecule has 5 heteroatoms. The van der Waals surface area contributed by atoms with Gasteiger partial charge in [0.2, 0.25) is 5.91 Å². The van der Waals surface area contributed by atoms with Crippen LogP contribution in [0.5, 0.6) is 0 Å². The van der Waals surface area contributed by atoms with Crippen LogP contribution in [-0.4, -0.2) is 52.0 Å². The van der Waals surface area contributed by atoms with Gasteiger partial charge in [-0.25, -0.2) is 0 Å². The first-order valence-electron chi connectivity index (χ1n) is 8.73. The molecular formula is C17H32N2O3. The van der Waals surface area contributed by atoms with Crippen LogP contribution in [0.2, 0.25) is 0 Å². The Kier molecular flexibility index (Phi) is 7.12. The molecule has 22 heavy (non-hydrogen) atoms. The summed E-state index contributed by atoms with van der Waals surface area (Å²) in [6.45, 7) is 5.80. The van der Waals surface area contributed by atoms with Crippen molar-refractivity contribution in [3.05, 3.63) is 0 Å². The zero-order valence-corrected chi connectivity index (χ0v) is 14.2. The Morgan fingerprint density at radius 2 is 2.00 bits per heavy atom. The van der Waals surface area contributed by atoms with Gasteiger partial charge in [-0.1, -0.05) is 19.8 Å². The predicted molar refractivity (Wildman–Crippen MR) is 86.8 cm³/mol. The number of amides is 1. The summed E-state index contributed by atoms with van der Waals surface area (Å²) >= 11 is 0. The van der Waals surface area contributed by atoms with Gasteiger partial charge in [0.25, 0.3) is 0 Å². The van der Waals surface area contributed by atoms with Crippen molar-refractivity contribution in [1.82, 2.24) is 10.6 Å². The molecule has 0 aromatic rings. The van der Waals surface area contributed by atoms with Crippen LogP contribution in [0, 0.1) is 11.3 Å². The van der Waals surface area contributed by atoms with Crippen LogP contribution >= 0.6 is 0 Å². The van der Waals surface area contributed by atoms with Crippen molar-refractivity contribution in [3.63, 3.8) is 0 Å². The Morgan fingerprint density at radius 3 is 2.68 bits per heavy atom. The van der Waals surface area contributed by atoms with Gasteiger partial charge in [-0.05, 0) is 44.7 Å². The lowest BCUT2D eigenvalue weighted by molar-refractivity contribution is -0.130. The van der Waals surface area contributed by atoms with Crippen molar-refractivity contribution >= 4 is 5.91 Å². The van der Waals surface area contributed by atoms with E-state index in [4.69, 9.17) is 9.47 Å². The fraction of sp³-hybridized carbons (Fsp3) is 0.941. The molecule has 2 unspecified atom stereocenters. The van der Waals surface area contributed by atoms with Crippen molar-refractivity contribution in [2.45, 2.75) is 51.6 Å². The maximum atomic E-state index is 12.1. The SMILES string of the molecule is COCC1(CNC(=O)COC2CCCCC2C)CCNCC1. The lowest BCUT2D eigenvalue weighted by atomic mass is 9.79. The Morgan fingerprint density at radius 1 is 1.27 bits per heavy atom. The average Bonchev–Trinajstić information content (AvgIpc) is 2.53. The fourth-order valence-electron chi connectivity index (χ4n) is 3.69. The van der Waals surface area contributed by atoms with Gasteiger partial charge in [0.05, 0.1) is 12.7 Å². The fourth-order valence-corrected chi connectivity index (χ4v) is 3.69. The molecule has 2 fully saturated rings. The molecule has 1 heterocycles. The number of methoxy groups -OCH3 is 1. The monoisotopic (exact) mass is 312 g/mol. The molecule has 0 aromatic carbocycles. The van der Waals surface area contributed by atoms with Gasteiger partial charge in [-0.3, -0.25) is 4.79 Å². The van der Waals surface area contributed by atoms with E-state index in [-0.39, 0.29) is 24.0 Å². The van der Waals surface area contributed by atoms with E-state index in [1.165, 1.54) is 19.3 Å². The van der Waals surface area contributed by atoms with Crippen LogP contribution in [0.4, 0.5) is 0 Å². The lowest BCUT2D eigenvalue weighted by Crippen LogP contribution is -2.48. The first-order chi connectivity index (χ1) is 10.7. The van der Waals surface area contributed by atoms with Crippen LogP contribution in [0.25, 0.3) is 0 Å². The number of piperidine rings is 1. The highest BCUT2D eigenvalue weighted by molar-refractivity contribution is 5.77. The summed E-state index contributed by atoms with van der Waals surface area (Å²) in [5, 5.41) is 6.43. The molecule has 1 amide bonds. The minimum Gasteiger partial charge on any atom is -0.384 e. The summed E-state index contributed by atoms with van der Waals surface area (Å²) < 4.78 is 11.2. The van der Waals surface area contributed by atoms with E-state index in [0.717, 1.165) is 32.4 Å². The van der Waals surface area contributed by atoms with E-state index in [0.29, 0.717) is 19.1 Å². The molecule has 1 saturated heterocycles. The van der Waals surface area contributed by atoms with E-state index >= 15 is 0 Å². The minimum absolute atomic E-state index is 0.00628. The summed E-state index contributed by atoms with van der Waals surface area (Å²) in [7, 11) is 1.74. The molecule has 2 atom stereocenters. The Balaban J connectivity index is 1.71. The molecule has 5 nitrogen and oxygen atoms in total. The van der Waals surface area contributed by atoms with Gasteiger partial charge in [-0.15, -0.1) is 0 Å². The molecule has 0 aromatic heterocycles. The number of carbonyl (C=O) groups is 1. The van der Waals surface area contributed by atoms with E-state index in [1.807, 2.05) is 0 Å². The number of ether oxygens (including phenoxy) is 2. The number of nitrogens with one attached hydrogen (secondary N) is 2. The Bertz CT molecular complexity index is 337. The van der Waals surface area contributed by atoms with Crippen molar-refractivity contribution in [2.24, 2.45) is 11.3 Å². The zero-order chi connectivity index (χ0) is 15.8. The summed E-state index contributed by atoms with van der Waals surface area (Å²) in [6, 6.07) is 0. The van der Waals surface area contributed by atoms with Crippen LogP contribution < -0.4 is 10.6 Å². The van der Waals surface area contributed by atoms with Crippen molar-refractivity contribution < 1.29 is 14.3 Å². The number of hydrogen-bond acceptors (Lipinski definition) is 4. The van der Waals surface area contributed by atoms with Crippen molar-refractivity contribution in [2.75, 3.05) is 40.0 Å². The molecule has 128 valence electrons. The second kappa shape index (κ2) is 8.85. The van der Waals surface area contributed by atoms with Crippen LogP contribution in [0.3, 0.4) is 0 Å². The van der Waals surface area contributed by atoms with Gasteiger partial charge < -0.3 is 20.1 Å². The second-order valence-electron chi connectivity index (χ2n) is 7.07. The third-order valence-electron chi connectivity index (χ3n) is 5.24. The molecular weight excluding hydrogens is 280 g/mol. The standard InChI is InChI=1S/C17H32N2O3/c1-14-5-3-4-6-15(14)22-11-16(20)19-12-17(13-21-2)7-9-18-10-8-17/h14-15,18H,3-13H2,1-2H3,(H,19,20). The highest BCUT2D eigenvalue weighted by atomic mass is 16.5. The molecule has 1 aliphatic heterocycles. The van der Waals surface area contributed by atoms with E-state index in [1.54, 1.807) is 7.11 Å². The molecule has 2 aliphatic rings. The molecule has 0 spiro atoms. The Hall–Kier alpha value is -0.650. The summed E-state index contributed by atoms with van der Waals surface area (Å²) in [4.78, 5) is 12.1. The molecule has 1 aliphatic carbocycles. The lowest BCUT2D eigenvalue weighted by Gasteiger charge is -2.37. The molecule has 0 radical (unpaired) electrons. The number of carbonyl (C=O) groups excluding carboxylic acids is 1. The highest BCUT2D eigenvalue weighted by Gasteiger charge is 2.32. The highest BCUT2D eigenvalue weighted by Crippen LogP contribution is 2.28. The molecule has 2 N–H and O–H groups in total. The molecule has 2 rings (SSSR count). The summed E-state index contributed by atoms with van der Waals surface area (Å²) in [6.07, 6.45) is 7.17. The van der Waals surface area contributed by atoms with E-state index in [2.05, 4.69) is 17.6 Å². The molecule has 0 bridgehead atoms. The number of rotatable bonds is 7. The van der Waals surface area contributed by atoms with Gasteiger partial charge in [-0.2, -0.15) is 0 Å².